The van der Waals surface area contributed by atoms with Crippen LogP contribution in [0.15, 0.2) is 24.3 Å². The summed E-state index contributed by atoms with van der Waals surface area (Å²) >= 11 is 10.4. The molecule has 1 aromatic rings. The fourth-order valence-electron chi connectivity index (χ4n) is 1.66. The Hall–Kier alpha value is -1.44. The normalized spacial score (nSPS) is 10.5. The third kappa shape index (κ3) is 7.53. The summed E-state index contributed by atoms with van der Waals surface area (Å²) in [6.07, 6.45) is 0. The van der Waals surface area contributed by atoms with Crippen LogP contribution in [0.4, 0.5) is 5.69 Å². The van der Waals surface area contributed by atoms with E-state index in [-0.39, 0.29) is 0 Å². The van der Waals surface area contributed by atoms with Crippen molar-refractivity contribution in [1.82, 2.24) is 21.1 Å². The number of benzene rings is 1. The van der Waals surface area contributed by atoms with E-state index >= 15 is 0 Å². The Morgan fingerprint density at radius 2 is 1.64 bits per heavy atom. The molecule has 0 aromatic heterocycles. The van der Waals surface area contributed by atoms with Crippen molar-refractivity contribution in [2.75, 3.05) is 32.5 Å². The largest absolute Gasteiger partial charge is 0.360 e. The first kappa shape index (κ1) is 18.6. The predicted octanol–water partition coefficient (Wildman–Crippen LogP) is 2.04. The van der Waals surface area contributed by atoms with E-state index in [9.17, 15) is 0 Å². The molecule has 0 radical (unpaired) electrons. The van der Waals surface area contributed by atoms with Crippen molar-refractivity contribution in [3.05, 3.63) is 29.8 Å². The van der Waals surface area contributed by atoms with Crippen molar-refractivity contribution < 1.29 is 0 Å². The van der Waals surface area contributed by atoms with Gasteiger partial charge >= 0.3 is 0 Å². The molecule has 0 aliphatic carbocycles. The van der Waals surface area contributed by atoms with Gasteiger partial charge in [-0.2, -0.15) is 0 Å². The van der Waals surface area contributed by atoms with Crippen LogP contribution >= 0.6 is 24.4 Å². The lowest BCUT2D eigenvalue weighted by Crippen LogP contribution is -2.49. The van der Waals surface area contributed by atoms with E-state index in [1.165, 1.54) is 5.56 Å². The average Bonchev–Trinajstić information content (AvgIpc) is 2.45. The van der Waals surface area contributed by atoms with Gasteiger partial charge < -0.3 is 15.5 Å². The van der Waals surface area contributed by atoms with E-state index in [1.54, 1.807) is 0 Å². The van der Waals surface area contributed by atoms with E-state index in [0.717, 1.165) is 18.8 Å². The van der Waals surface area contributed by atoms with Crippen LogP contribution in [-0.4, -0.2) is 42.3 Å². The molecule has 5 nitrogen and oxygen atoms in total. The van der Waals surface area contributed by atoms with Crippen molar-refractivity contribution in [2.24, 2.45) is 0 Å². The lowest BCUT2D eigenvalue weighted by Gasteiger charge is -2.16. The molecule has 1 aromatic carbocycles. The van der Waals surface area contributed by atoms with Gasteiger partial charge in [-0.15, -0.1) is 0 Å². The Morgan fingerprint density at radius 3 is 2.18 bits per heavy atom. The first-order chi connectivity index (χ1) is 10.4. The molecular formula is C15H25N5S2. The van der Waals surface area contributed by atoms with E-state index in [1.807, 2.05) is 26.2 Å². The fraction of sp³-hybridized carbons (Fsp3) is 0.467. The average molecular weight is 340 g/mol. The van der Waals surface area contributed by atoms with Crippen LogP contribution in [0.25, 0.3) is 0 Å². The van der Waals surface area contributed by atoms with Gasteiger partial charge in [0.2, 0.25) is 0 Å². The van der Waals surface area contributed by atoms with Gasteiger partial charge in [-0.3, -0.25) is 10.9 Å². The SMILES string of the molecule is CC(C)c1ccc(NC(=S)NNC(=S)NCCN(C)C)cc1. The molecular weight excluding hydrogens is 314 g/mol. The highest BCUT2D eigenvalue weighted by molar-refractivity contribution is 7.80. The molecule has 0 atom stereocenters. The van der Waals surface area contributed by atoms with Crippen LogP contribution in [0.2, 0.25) is 0 Å². The molecule has 4 N–H and O–H groups in total. The Bertz CT molecular complexity index is 485. The number of likely N-dealkylation sites (N-methyl/N-ethyl adjacent to an activating group) is 1. The highest BCUT2D eigenvalue weighted by atomic mass is 32.1. The van der Waals surface area contributed by atoms with Gasteiger partial charge in [0.1, 0.15) is 0 Å². The number of nitrogens with one attached hydrogen (secondary N) is 4. The molecule has 0 aliphatic rings. The topological polar surface area (TPSA) is 51.4 Å². The van der Waals surface area contributed by atoms with Crippen LogP contribution in [0.1, 0.15) is 25.3 Å². The molecule has 0 unspecified atom stereocenters. The molecule has 1 rings (SSSR count). The molecule has 0 aliphatic heterocycles. The summed E-state index contributed by atoms with van der Waals surface area (Å²) in [6, 6.07) is 8.21. The van der Waals surface area contributed by atoms with Gasteiger partial charge in [0.25, 0.3) is 0 Å². The first-order valence-corrected chi connectivity index (χ1v) is 8.05. The summed E-state index contributed by atoms with van der Waals surface area (Å²) in [4.78, 5) is 2.08. The summed E-state index contributed by atoms with van der Waals surface area (Å²) in [5.41, 5.74) is 7.95. The van der Waals surface area contributed by atoms with Gasteiger partial charge in [-0.05, 0) is 62.1 Å². The first-order valence-electron chi connectivity index (χ1n) is 7.24. The minimum atomic E-state index is 0.467. The minimum absolute atomic E-state index is 0.467. The third-order valence-corrected chi connectivity index (χ3v) is 3.42. The van der Waals surface area contributed by atoms with Crippen LogP contribution < -0.4 is 21.5 Å². The second kappa shape index (κ2) is 9.55. The molecule has 7 heteroatoms. The van der Waals surface area contributed by atoms with Crippen LogP contribution in [-0.2, 0) is 0 Å². The smallest absolute Gasteiger partial charge is 0.189 e. The van der Waals surface area contributed by atoms with Gasteiger partial charge in [0, 0.05) is 18.8 Å². The maximum Gasteiger partial charge on any atom is 0.189 e. The molecule has 22 heavy (non-hydrogen) atoms. The number of nitrogens with zero attached hydrogens (tertiary/aromatic N) is 1. The van der Waals surface area contributed by atoms with Crippen molar-refractivity contribution in [2.45, 2.75) is 19.8 Å². The molecule has 0 fully saturated rings. The molecule has 0 spiro atoms. The summed E-state index contributed by atoms with van der Waals surface area (Å²) in [6.45, 7) is 6.02. The van der Waals surface area contributed by atoms with E-state index in [4.69, 9.17) is 24.4 Å². The molecule has 0 heterocycles. The van der Waals surface area contributed by atoms with E-state index in [0.29, 0.717) is 16.1 Å². The Balaban J connectivity index is 2.29. The van der Waals surface area contributed by atoms with Gasteiger partial charge in [0.05, 0.1) is 0 Å². The monoisotopic (exact) mass is 339 g/mol. The standard InChI is InChI=1S/C15H25N5S2/c1-11(2)12-5-7-13(8-6-12)17-15(22)19-18-14(21)16-9-10-20(3)4/h5-8,11H,9-10H2,1-4H3,(H2,16,18,21)(H2,17,19,22). The highest BCUT2D eigenvalue weighted by Gasteiger charge is 2.01. The summed E-state index contributed by atoms with van der Waals surface area (Å²) in [7, 11) is 4.03. The summed E-state index contributed by atoms with van der Waals surface area (Å²) < 4.78 is 0. The third-order valence-electron chi connectivity index (χ3n) is 2.97. The second-order valence-corrected chi connectivity index (χ2v) is 6.36. The van der Waals surface area contributed by atoms with E-state index < -0.39 is 0 Å². The Kier molecular flexibility index (Phi) is 8.08. The summed E-state index contributed by atoms with van der Waals surface area (Å²) in [5.74, 6) is 0.520. The number of hydrazine groups is 1. The Morgan fingerprint density at radius 1 is 1.05 bits per heavy atom. The maximum atomic E-state index is 5.21. The van der Waals surface area contributed by atoms with Crippen LogP contribution in [0, 0.1) is 0 Å². The summed E-state index contributed by atoms with van der Waals surface area (Å²) in [5, 5.41) is 7.16. The zero-order valence-electron chi connectivity index (χ0n) is 13.6. The van der Waals surface area contributed by atoms with Crippen LogP contribution in [0.5, 0.6) is 0 Å². The Labute approximate surface area is 143 Å². The second-order valence-electron chi connectivity index (χ2n) is 5.54. The number of rotatable bonds is 5. The predicted molar refractivity (Wildman–Crippen MR) is 102 cm³/mol. The maximum absolute atomic E-state index is 5.21. The minimum Gasteiger partial charge on any atom is -0.360 e. The van der Waals surface area contributed by atoms with Crippen molar-refractivity contribution in [3.8, 4) is 0 Å². The van der Waals surface area contributed by atoms with Crippen molar-refractivity contribution in [1.29, 1.82) is 0 Å². The molecule has 0 amide bonds. The molecule has 0 saturated carbocycles. The van der Waals surface area contributed by atoms with Crippen LogP contribution in [0.3, 0.4) is 0 Å². The fourth-order valence-corrected chi connectivity index (χ4v) is 1.99. The zero-order chi connectivity index (χ0) is 16.5. The zero-order valence-corrected chi connectivity index (χ0v) is 15.2. The lowest BCUT2D eigenvalue weighted by molar-refractivity contribution is 0.412. The van der Waals surface area contributed by atoms with Gasteiger partial charge in [0.15, 0.2) is 10.2 Å². The molecule has 122 valence electrons. The van der Waals surface area contributed by atoms with Crippen molar-refractivity contribution >= 4 is 40.3 Å². The highest BCUT2D eigenvalue weighted by Crippen LogP contribution is 2.16. The number of hydrogen-bond donors (Lipinski definition) is 4. The number of thiocarbonyl (C=S) groups is 2. The van der Waals surface area contributed by atoms with Crippen molar-refractivity contribution in [3.63, 3.8) is 0 Å². The van der Waals surface area contributed by atoms with Gasteiger partial charge in [-0.1, -0.05) is 26.0 Å². The van der Waals surface area contributed by atoms with E-state index in [2.05, 4.69) is 52.4 Å². The molecule has 0 saturated heterocycles. The molecule has 0 bridgehead atoms. The quantitative estimate of drug-likeness (QED) is 0.484. The van der Waals surface area contributed by atoms with Gasteiger partial charge in [-0.25, -0.2) is 0 Å². The number of hydrogen-bond acceptors (Lipinski definition) is 3. The lowest BCUT2D eigenvalue weighted by atomic mass is 10.0. The number of anilines is 1.